The number of aromatic nitrogens is 12. The number of carbonyl (C=O) groups is 1. The Morgan fingerprint density at radius 3 is 2.22 bits per heavy atom. The first-order chi connectivity index (χ1) is 33.2. The van der Waals surface area contributed by atoms with Crippen LogP contribution in [-0.4, -0.2) is 66.2 Å². The van der Waals surface area contributed by atoms with Gasteiger partial charge in [-0.3, -0.25) is 34.9 Å². The molecule has 0 atom stereocenters. The Morgan fingerprint density at radius 2 is 1.46 bits per heavy atom. The Morgan fingerprint density at radius 1 is 0.706 bits per heavy atom. The summed E-state index contributed by atoms with van der Waals surface area (Å²) >= 11 is 2.96. The van der Waals surface area contributed by atoms with Crippen molar-refractivity contribution in [2.24, 2.45) is 5.92 Å². The molecule has 12 aromatic rings. The molecule has 10 aromatic heterocycles. The number of amides is 1. The van der Waals surface area contributed by atoms with Gasteiger partial charge in [0.1, 0.15) is 45.4 Å². The molecule has 0 saturated heterocycles. The molecular formula is C50H35F2N13OS2. The lowest BCUT2D eigenvalue weighted by molar-refractivity contribution is -0.116. The first-order valence-electron chi connectivity index (χ1n) is 21.5. The van der Waals surface area contributed by atoms with Gasteiger partial charge in [0, 0.05) is 87.6 Å². The number of rotatable bonds is 10. The number of H-pyrrole nitrogens is 4. The summed E-state index contributed by atoms with van der Waals surface area (Å²) in [6.45, 7) is 5.84. The number of hydrogen-bond acceptors (Lipinski definition) is 11. The van der Waals surface area contributed by atoms with Gasteiger partial charge in [-0.05, 0) is 77.7 Å². The van der Waals surface area contributed by atoms with Crippen molar-refractivity contribution in [3.8, 4) is 77.6 Å². The summed E-state index contributed by atoms with van der Waals surface area (Å²) in [7, 11) is 0. The van der Waals surface area contributed by atoms with Crippen molar-refractivity contribution in [1.29, 1.82) is 0 Å². The van der Waals surface area contributed by atoms with Crippen LogP contribution < -0.4 is 5.32 Å². The van der Waals surface area contributed by atoms with Crippen molar-refractivity contribution in [3.05, 3.63) is 126 Å². The zero-order valence-corrected chi connectivity index (χ0v) is 37.9. The molecule has 0 spiro atoms. The summed E-state index contributed by atoms with van der Waals surface area (Å²) < 4.78 is 33.4. The zero-order chi connectivity index (χ0) is 46.2. The normalized spacial score (nSPS) is 11.9. The molecule has 1 amide bonds. The van der Waals surface area contributed by atoms with E-state index in [0.29, 0.717) is 106 Å². The molecule has 14 nitrogen and oxygen atoms in total. The van der Waals surface area contributed by atoms with Crippen molar-refractivity contribution in [1.82, 2.24) is 60.3 Å². The van der Waals surface area contributed by atoms with Crippen molar-refractivity contribution in [3.63, 3.8) is 0 Å². The summed E-state index contributed by atoms with van der Waals surface area (Å²) in [4.78, 5) is 49.6. The number of imidazole rings is 2. The molecule has 18 heteroatoms. The number of carbonyl (C=O) groups excluding carboxylic acids is 1. The number of pyridine rings is 4. The van der Waals surface area contributed by atoms with Crippen molar-refractivity contribution in [2.45, 2.75) is 27.2 Å². The van der Waals surface area contributed by atoms with Crippen LogP contribution in [0, 0.1) is 24.5 Å². The van der Waals surface area contributed by atoms with Crippen LogP contribution in [0.25, 0.3) is 121 Å². The van der Waals surface area contributed by atoms with E-state index < -0.39 is 11.6 Å². The summed E-state index contributed by atoms with van der Waals surface area (Å²) in [6.07, 6.45) is 10.2. The highest BCUT2D eigenvalue weighted by Gasteiger charge is 2.27. The number of halogens is 2. The Hall–Kier alpha value is -8.35. The van der Waals surface area contributed by atoms with Crippen LogP contribution in [0.2, 0.25) is 0 Å². The molecule has 0 radical (unpaired) electrons. The van der Waals surface area contributed by atoms with Crippen LogP contribution in [0.3, 0.4) is 0 Å². The summed E-state index contributed by atoms with van der Waals surface area (Å²) in [5.74, 6) is -0.0779. The van der Waals surface area contributed by atoms with E-state index in [1.807, 2.05) is 67.9 Å². The van der Waals surface area contributed by atoms with E-state index in [0.717, 1.165) is 21.7 Å². The fraction of sp³-hybridized carbons (Fsp3) is 0.100. The van der Waals surface area contributed by atoms with Gasteiger partial charge in [0.15, 0.2) is 11.6 Å². The quantitative estimate of drug-likeness (QED) is 0.0886. The lowest BCUT2D eigenvalue weighted by atomic mass is 9.94. The fourth-order valence-electron chi connectivity index (χ4n) is 8.73. The maximum atomic E-state index is 17.9. The molecule has 5 N–H and O–H groups in total. The summed E-state index contributed by atoms with van der Waals surface area (Å²) in [5.41, 5.74) is 9.59. The third kappa shape index (κ3) is 6.91. The predicted molar refractivity (Wildman–Crippen MR) is 263 cm³/mol. The highest BCUT2D eigenvalue weighted by Crippen LogP contribution is 2.46. The molecule has 0 saturated carbocycles. The first kappa shape index (κ1) is 41.1. The molecular weight excluding hydrogens is 901 g/mol. The Kier molecular flexibility index (Phi) is 9.80. The number of aromatic amines is 4. The number of thiophene rings is 2. The molecule has 0 bridgehead atoms. The number of nitrogens with one attached hydrogen (secondary N) is 5. The zero-order valence-electron chi connectivity index (χ0n) is 36.2. The van der Waals surface area contributed by atoms with Gasteiger partial charge in [-0.25, -0.2) is 18.7 Å². The lowest BCUT2D eigenvalue weighted by Crippen LogP contribution is -2.14. The molecule has 0 aliphatic heterocycles. The van der Waals surface area contributed by atoms with Gasteiger partial charge >= 0.3 is 0 Å². The van der Waals surface area contributed by atoms with E-state index in [4.69, 9.17) is 20.1 Å². The van der Waals surface area contributed by atoms with Crippen LogP contribution in [0.1, 0.15) is 25.8 Å². The fourth-order valence-corrected chi connectivity index (χ4v) is 10.4. The topological polar surface area (TPSA) is 195 Å². The van der Waals surface area contributed by atoms with Crippen LogP contribution >= 0.6 is 22.7 Å². The van der Waals surface area contributed by atoms with Crippen molar-refractivity contribution in [2.75, 3.05) is 5.32 Å². The van der Waals surface area contributed by atoms with Gasteiger partial charge in [0.25, 0.3) is 0 Å². The van der Waals surface area contributed by atoms with Crippen molar-refractivity contribution < 1.29 is 13.6 Å². The van der Waals surface area contributed by atoms with E-state index in [1.165, 1.54) is 17.4 Å². The second kappa shape index (κ2) is 16.2. The minimum Gasteiger partial charge on any atom is -0.336 e. The molecule has 0 fully saturated rings. The molecule has 332 valence electrons. The molecule has 12 rings (SSSR count). The van der Waals surface area contributed by atoms with Crippen LogP contribution in [0.15, 0.2) is 109 Å². The van der Waals surface area contributed by atoms with Gasteiger partial charge in [0.2, 0.25) is 5.91 Å². The number of benzene rings is 2. The monoisotopic (exact) mass is 935 g/mol. The Balaban J connectivity index is 1.02. The van der Waals surface area contributed by atoms with Crippen LogP contribution in [0.5, 0.6) is 0 Å². The van der Waals surface area contributed by atoms with Gasteiger partial charge < -0.3 is 15.3 Å². The van der Waals surface area contributed by atoms with Crippen molar-refractivity contribution >= 4 is 78.1 Å². The minimum absolute atomic E-state index is 0.142. The molecule has 68 heavy (non-hydrogen) atoms. The molecule has 10 heterocycles. The van der Waals surface area contributed by atoms with Gasteiger partial charge in [-0.2, -0.15) is 10.2 Å². The third-order valence-electron chi connectivity index (χ3n) is 11.9. The van der Waals surface area contributed by atoms with Gasteiger partial charge in [-0.15, -0.1) is 22.7 Å². The molecule has 0 aliphatic rings. The van der Waals surface area contributed by atoms with E-state index >= 15 is 8.78 Å². The predicted octanol–water partition coefficient (Wildman–Crippen LogP) is 12.1. The highest BCUT2D eigenvalue weighted by atomic mass is 32.1. The average Bonchev–Trinajstić information content (AvgIpc) is 4.20. The second-order valence-corrected chi connectivity index (χ2v) is 18.6. The molecule has 2 aromatic carbocycles. The number of fused-ring (bicyclic) bond motifs is 4. The number of nitrogens with zero attached hydrogens (tertiary/aromatic N) is 8. The van der Waals surface area contributed by atoms with Crippen LogP contribution in [0.4, 0.5) is 14.5 Å². The van der Waals surface area contributed by atoms with E-state index in [1.54, 1.807) is 66.7 Å². The standard InChI is InChI=1S/C50H35F2N13OS2/c1-23(2)15-38(66)57-26-16-25(20-54-21-26)28-17-31-41(63-65-43(31)50-58-34-7-11-55-46(44(34)60-50)37-5-4-13-67-37)39(40(28)52)27-9-14-68-48(27)47-45-35(8-12-56-47)59-49(61-45)42-30-18-29(32-22-53-10-6-24(32)3)33(51)19-36(30)62-64-42/h4-14,16-23H,15H2,1-3H3,(H,57,66)(H,58,60)(H,59,61)(H,62,64)(H,63,65). The largest absolute Gasteiger partial charge is 0.336 e. The van der Waals surface area contributed by atoms with Gasteiger partial charge in [0.05, 0.1) is 43.7 Å². The molecule has 0 unspecified atom stereocenters. The van der Waals surface area contributed by atoms with E-state index in [2.05, 4.69) is 45.5 Å². The Bertz CT molecular complexity index is 3940. The Labute approximate surface area is 392 Å². The second-order valence-electron chi connectivity index (χ2n) is 16.8. The smallest absolute Gasteiger partial charge is 0.224 e. The maximum absolute atomic E-state index is 17.9. The maximum Gasteiger partial charge on any atom is 0.224 e. The van der Waals surface area contributed by atoms with Gasteiger partial charge in [-0.1, -0.05) is 19.9 Å². The number of anilines is 1. The lowest BCUT2D eigenvalue weighted by Gasteiger charge is -2.13. The van der Waals surface area contributed by atoms with E-state index in [9.17, 15) is 4.79 Å². The number of hydrogen-bond donors (Lipinski definition) is 5. The first-order valence-corrected chi connectivity index (χ1v) is 23.3. The van der Waals surface area contributed by atoms with Crippen LogP contribution in [-0.2, 0) is 4.79 Å². The SMILES string of the molecule is Cc1ccncc1-c1cc2c(-c3nc4c(-c5sccc5-c5c(F)c(-c6cncc(NC(=O)CC(C)C)c6)cc6c(-c7nc8c(-c9cccs9)nccc8[nH]7)n[nH]c56)nccc4[nH]3)n[nH]c2cc1F. The third-order valence-corrected chi connectivity index (χ3v) is 13.7. The summed E-state index contributed by atoms with van der Waals surface area (Å²) in [6, 6.07) is 18.0. The average molecular weight is 936 g/mol. The highest BCUT2D eigenvalue weighted by molar-refractivity contribution is 7.14. The van der Waals surface area contributed by atoms with E-state index in [-0.39, 0.29) is 23.0 Å². The number of aryl methyl sites for hydroxylation is 1. The molecule has 0 aliphatic carbocycles. The minimum atomic E-state index is -0.543. The summed E-state index contributed by atoms with van der Waals surface area (Å²) in [5, 5.41) is 23.5.